The Bertz CT molecular complexity index is 696. The number of halogens is 2. The second-order valence-corrected chi connectivity index (χ2v) is 5.19. The van der Waals surface area contributed by atoms with Crippen molar-refractivity contribution in [3.05, 3.63) is 58.5 Å². The molecule has 2 aromatic rings. The maximum absolute atomic E-state index is 13.2. The van der Waals surface area contributed by atoms with Crippen molar-refractivity contribution >= 4 is 23.3 Å². The molecule has 0 bridgehead atoms. The molecule has 22 heavy (non-hydrogen) atoms. The normalized spacial score (nSPS) is 13.5. The Kier molecular flexibility index (Phi) is 4.95. The molecule has 0 aliphatic heterocycles. The molecule has 4 N–H and O–H groups in total. The van der Waals surface area contributed by atoms with E-state index < -0.39 is 23.9 Å². The van der Waals surface area contributed by atoms with Crippen molar-refractivity contribution in [2.24, 2.45) is 0 Å². The van der Waals surface area contributed by atoms with Crippen LogP contribution < -0.4 is 11.1 Å². The summed E-state index contributed by atoms with van der Waals surface area (Å²) in [5.41, 5.74) is 5.98. The number of hydrogen-bond acceptors (Lipinski definition) is 4. The van der Waals surface area contributed by atoms with Crippen molar-refractivity contribution in [2.45, 2.75) is 19.1 Å². The molecule has 0 saturated heterocycles. The number of carbonyl (C=O) groups is 1. The Hall–Kier alpha value is -2.18. The fourth-order valence-corrected chi connectivity index (χ4v) is 2.21. The van der Waals surface area contributed by atoms with Crippen molar-refractivity contribution in [1.29, 1.82) is 0 Å². The van der Waals surface area contributed by atoms with Gasteiger partial charge in [0.2, 0.25) is 0 Å². The molecular weight excluding hydrogens is 309 g/mol. The molecule has 2 unspecified atom stereocenters. The van der Waals surface area contributed by atoms with Crippen molar-refractivity contribution < 1.29 is 14.3 Å². The first kappa shape index (κ1) is 16.2. The van der Waals surface area contributed by atoms with E-state index >= 15 is 0 Å². The van der Waals surface area contributed by atoms with E-state index in [9.17, 15) is 14.3 Å². The van der Waals surface area contributed by atoms with Crippen molar-refractivity contribution in [3.8, 4) is 0 Å². The molecule has 2 rings (SSSR count). The molecule has 0 fully saturated rings. The lowest BCUT2D eigenvalue weighted by atomic mass is 10.0. The van der Waals surface area contributed by atoms with Gasteiger partial charge >= 0.3 is 0 Å². The molecule has 0 spiro atoms. The van der Waals surface area contributed by atoms with Gasteiger partial charge in [-0.15, -0.1) is 0 Å². The summed E-state index contributed by atoms with van der Waals surface area (Å²) < 4.78 is 13.2. The van der Waals surface area contributed by atoms with E-state index in [1.165, 1.54) is 30.3 Å². The quantitative estimate of drug-likeness (QED) is 0.753. The number of nitrogens with one attached hydrogen (secondary N) is 1. The third-order valence-corrected chi connectivity index (χ3v) is 3.43. The summed E-state index contributed by atoms with van der Waals surface area (Å²) in [6.45, 7) is 1.60. The minimum absolute atomic E-state index is 0.0232. The van der Waals surface area contributed by atoms with Gasteiger partial charge in [-0.05, 0) is 36.8 Å². The molecule has 1 heterocycles. The second-order valence-electron chi connectivity index (χ2n) is 4.84. The van der Waals surface area contributed by atoms with E-state index in [0.717, 1.165) is 0 Å². The molecule has 0 aliphatic rings. The number of carbonyl (C=O) groups excluding carboxylic acids is 1. The smallest absolute Gasteiger partial charge is 0.254 e. The highest BCUT2D eigenvalue weighted by Crippen LogP contribution is 2.19. The number of hydrogen-bond donors (Lipinski definition) is 3. The molecule has 7 heteroatoms. The molecule has 0 aliphatic carbocycles. The number of aliphatic hydroxyl groups excluding tert-OH is 1. The highest BCUT2D eigenvalue weighted by atomic mass is 35.5. The van der Waals surface area contributed by atoms with Gasteiger partial charge in [0.1, 0.15) is 16.8 Å². The molecule has 2 atom stereocenters. The monoisotopic (exact) mass is 323 g/mol. The van der Waals surface area contributed by atoms with Crippen LogP contribution >= 0.6 is 11.6 Å². The van der Waals surface area contributed by atoms with E-state index in [1.54, 1.807) is 13.0 Å². The maximum atomic E-state index is 13.2. The molecule has 1 aromatic heterocycles. The molecule has 1 amide bonds. The molecule has 5 nitrogen and oxygen atoms in total. The summed E-state index contributed by atoms with van der Waals surface area (Å²) >= 11 is 5.86. The number of aromatic nitrogens is 1. The van der Waals surface area contributed by atoms with Crippen LogP contribution in [-0.2, 0) is 0 Å². The van der Waals surface area contributed by atoms with Gasteiger partial charge in [0, 0.05) is 0 Å². The number of nitrogens with two attached hydrogens (primary N) is 1. The number of anilines is 1. The first-order valence-electron chi connectivity index (χ1n) is 6.55. The summed E-state index contributed by atoms with van der Waals surface area (Å²) in [6, 6.07) is 7.81. The summed E-state index contributed by atoms with van der Waals surface area (Å²) in [6.07, 6.45) is -1.06. The Balaban J connectivity index is 2.10. The number of aliphatic hydroxyl groups is 1. The first-order chi connectivity index (χ1) is 10.4. The minimum Gasteiger partial charge on any atom is -0.386 e. The van der Waals surface area contributed by atoms with Crippen molar-refractivity contribution in [1.82, 2.24) is 10.3 Å². The van der Waals surface area contributed by atoms with Gasteiger partial charge in [0.05, 0.1) is 17.7 Å². The van der Waals surface area contributed by atoms with Gasteiger partial charge in [-0.25, -0.2) is 9.37 Å². The summed E-state index contributed by atoms with van der Waals surface area (Å²) in [4.78, 5) is 15.9. The fraction of sp³-hybridized carbons (Fsp3) is 0.200. The van der Waals surface area contributed by atoms with Crippen LogP contribution in [0.25, 0.3) is 0 Å². The van der Waals surface area contributed by atoms with Crippen LogP contribution in [-0.4, -0.2) is 22.0 Å². The predicted octanol–water partition coefficient (Wildman–Crippen LogP) is 2.31. The Morgan fingerprint density at radius 1 is 1.41 bits per heavy atom. The van der Waals surface area contributed by atoms with E-state index in [4.69, 9.17) is 17.3 Å². The van der Waals surface area contributed by atoms with Crippen LogP contribution in [0.5, 0.6) is 0 Å². The molecule has 0 radical (unpaired) electrons. The Labute approximate surface area is 131 Å². The van der Waals surface area contributed by atoms with E-state index in [-0.39, 0.29) is 16.5 Å². The van der Waals surface area contributed by atoms with E-state index in [1.807, 2.05) is 0 Å². The lowest BCUT2D eigenvalue weighted by molar-refractivity contribution is 0.0851. The van der Waals surface area contributed by atoms with Crippen LogP contribution in [0.2, 0.25) is 5.15 Å². The van der Waals surface area contributed by atoms with E-state index in [0.29, 0.717) is 5.56 Å². The van der Waals surface area contributed by atoms with Crippen molar-refractivity contribution in [3.63, 3.8) is 0 Å². The van der Waals surface area contributed by atoms with Crippen LogP contribution in [0.15, 0.2) is 36.4 Å². The van der Waals surface area contributed by atoms with Gasteiger partial charge in [-0.3, -0.25) is 4.79 Å². The first-order valence-corrected chi connectivity index (χ1v) is 6.92. The standard InChI is InChI=1S/C15H15ClFN3O2/c1-8(13(21)9-3-2-4-10(17)7-9)19-15(22)11-5-6-12(18)20-14(11)16/h2-8,13,21H,1H3,(H2,18,20)(H,19,22). The van der Waals surface area contributed by atoms with Gasteiger partial charge in [0.15, 0.2) is 0 Å². The lowest BCUT2D eigenvalue weighted by Gasteiger charge is -2.21. The lowest BCUT2D eigenvalue weighted by Crippen LogP contribution is -2.37. The zero-order valence-corrected chi connectivity index (χ0v) is 12.5. The highest BCUT2D eigenvalue weighted by molar-refractivity contribution is 6.32. The number of rotatable bonds is 4. The third-order valence-electron chi connectivity index (χ3n) is 3.14. The minimum atomic E-state index is -1.06. The largest absolute Gasteiger partial charge is 0.386 e. The van der Waals surface area contributed by atoms with Gasteiger partial charge in [-0.1, -0.05) is 23.7 Å². The summed E-state index contributed by atoms with van der Waals surface area (Å²) in [7, 11) is 0. The van der Waals surface area contributed by atoms with Crippen molar-refractivity contribution in [2.75, 3.05) is 5.73 Å². The number of benzene rings is 1. The zero-order valence-electron chi connectivity index (χ0n) is 11.8. The number of pyridine rings is 1. The number of nitrogens with zero attached hydrogens (tertiary/aromatic N) is 1. The zero-order chi connectivity index (χ0) is 16.3. The number of amides is 1. The van der Waals surface area contributed by atoms with Crippen LogP contribution in [0.4, 0.5) is 10.2 Å². The van der Waals surface area contributed by atoms with Crippen LogP contribution in [0.1, 0.15) is 28.9 Å². The van der Waals surface area contributed by atoms with Gasteiger partial charge in [-0.2, -0.15) is 0 Å². The SMILES string of the molecule is CC(NC(=O)c1ccc(N)nc1Cl)C(O)c1cccc(F)c1. The highest BCUT2D eigenvalue weighted by Gasteiger charge is 2.21. The Morgan fingerprint density at radius 2 is 2.14 bits per heavy atom. The molecule has 116 valence electrons. The fourth-order valence-electron chi connectivity index (χ4n) is 1.96. The maximum Gasteiger partial charge on any atom is 0.254 e. The predicted molar refractivity (Wildman–Crippen MR) is 81.9 cm³/mol. The Morgan fingerprint density at radius 3 is 2.77 bits per heavy atom. The van der Waals surface area contributed by atoms with Crippen LogP contribution in [0, 0.1) is 5.82 Å². The van der Waals surface area contributed by atoms with Gasteiger partial charge in [0.25, 0.3) is 5.91 Å². The summed E-state index contributed by atoms with van der Waals surface area (Å²) in [5, 5.41) is 12.7. The average Bonchev–Trinajstić information content (AvgIpc) is 2.46. The van der Waals surface area contributed by atoms with Crippen LogP contribution in [0.3, 0.4) is 0 Å². The molecule has 0 saturated carbocycles. The topological polar surface area (TPSA) is 88.2 Å². The molecule has 1 aromatic carbocycles. The van der Waals surface area contributed by atoms with E-state index in [2.05, 4.69) is 10.3 Å². The summed E-state index contributed by atoms with van der Waals surface area (Å²) in [5.74, 6) is -0.754. The molecular formula is C15H15ClFN3O2. The second kappa shape index (κ2) is 6.72. The third kappa shape index (κ3) is 3.72. The van der Waals surface area contributed by atoms with Gasteiger partial charge < -0.3 is 16.2 Å². The average molecular weight is 324 g/mol. The number of nitrogen functional groups attached to an aromatic ring is 1.